The Morgan fingerprint density at radius 2 is 2.11 bits per heavy atom. The number of benzene rings is 1. The maximum Gasteiger partial charge on any atom is 0.150 e. The number of hydrogen-bond acceptors (Lipinski definition) is 5. The number of aldehydes is 1. The zero-order valence-corrected chi connectivity index (χ0v) is 15.7. The predicted molar refractivity (Wildman–Crippen MR) is 105 cm³/mol. The van der Waals surface area contributed by atoms with E-state index in [1.54, 1.807) is 12.4 Å². The van der Waals surface area contributed by atoms with Crippen molar-refractivity contribution < 1.29 is 14.3 Å². The zero-order chi connectivity index (χ0) is 19.2. The van der Waals surface area contributed by atoms with Gasteiger partial charge in [-0.25, -0.2) is 4.68 Å². The maximum absolute atomic E-state index is 10.7. The summed E-state index contributed by atoms with van der Waals surface area (Å²) >= 11 is 0. The minimum absolute atomic E-state index is 0.0184. The van der Waals surface area contributed by atoms with Crippen molar-refractivity contribution in [1.82, 2.24) is 14.8 Å². The molecule has 3 aromatic rings. The number of nitrogens with zero attached hydrogens (tertiary/aromatic N) is 3. The van der Waals surface area contributed by atoms with Crippen molar-refractivity contribution in [2.45, 2.75) is 38.5 Å². The molecule has 1 aliphatic heterocycles. The molecule has 3 heterocycles. The second-order valence-electron chi connectivity index (χ2n) is 6.84. The van der Waals surface area contributed by atoms with E-state index in [1.807, 2.05) is 47.1 Å². The fraction of sp³-hybridized carbons (Fsp3) is 0.318. The number of hydrogen-bond donors (Lipinski definition) is 0. The van der Waals surface area contributed by atoms with Gasteiger partial charge in [-0.3, -0.25) is 4.98 Å². The minimum atomic E-state index is -0.0184. The van der Waals surface area contributed by atoms with E-state index < -0.39 is 0 Å². The molecule has 2 aromatic heterocycles. The van der Waals surface area contributed by atoms with Gasteiger partial charge in [0.2, 0.25) is 0 Å². The summed E-state index contributed by atoms with van der Waals surface area (Å²) < 4.78 is 13.6. The van der Waals surface area contributed by atoms with Crippen LogP contribution in [-0.2, 0) is 22.6 Å². The Kier molecular flexibility index (Phi) is 5.77. The molecule has 0 aliphatic carbocycles. The third kappa shape index (κ3) is 4.28. The molecule has 0 bridgehead atoms. The molecule has 6 heteroatoms. The standard InChI is InChI=1S/C22H23N3O3/c26-12-10-17-4-3-5-18(14-17)16-28-19-7-8-20(23-15-19)21-9-11-24-25(21)22-6-1-2-13-27-22/h3-5,7-9,11-12,14-15,22H,1-2,6,10,13,16H2. The Hall–Kier alpha value is -2.99. The van der Waals surface area contributed by atoms with Gasteiger partial charge in [-0.1, -0.05) is 24.3 Å². The van der Waals surface area contributed by atoms with Crippen molar-refractivity contribution in [3.8, 4) is 17.1 Å². The Balaban J connectivity index is 1.43. The normalized spacial score (nSPS) is 16.6. The van der Waals surface area contributed by atoms with Crippen LogP contribution in [0.1, 0.15) is 36.6 Å². The molecule has 0 spiro atoms. The van der Waals surface area contributed by atoms with Crippen LogP contribution in [0.5, 0.6) is 5.75 Å². The number of pyridine rings is 1. The van der Waals surface area contributed by atoms with Gasteiger partial charge in [-0.15, -0.1) is 0 Å². The smallest absolute Gasteiger partial charge is 0.150 e. The topological polar surface area (TPSA) is 66.2 Å². The molecule has 1 fully saturated rings. The molecule has 28 heavy (non-hydrogen) atoms. The van der Waals surface area contributed by atoms with Crippen molar-refractivity contribution >= 4 is 6.29 Å². The molecule has 0 N–H and O–H groups in total. The van der Waals surface area contributed by atoms with Crippen molar-refractivity contribution in [2.24, 2.45) is 0 Å². The number of carbonyl (C=O) groups excluding carboxylic acids is 1. The van der Waals surface area contributed by atoms with Crippen LogP contribution in [0, 0.1) is 0 Å². The highest BCUT2D eigenvalue weighted by Gasteiger charge is 2.20. The van der Waals surface area contributed by atoms with Crippen LogP contribution in [0.4, 0.5) is 0 Å². The van der Waals surface area contributed by atoms with E-state index in [0.29, 0.717) is 18.8 Å². The van der Waals surface area contributed by atoms with E-state index in [-0.39, 0.29) is 6.23 Å². The monoisotopic (exact) mass is 377 g/mol. The Morgan fingerprint density at radius 1 is 1.18 bits per heavy atom. The van der Waals surface area contributed by atoms with E-state index in [4.69, 9.17) is 9.47 Å². The molecule has 0 radical (unpaired) electrons. The number of carbonyl (C=O) groups is 1. The number of aromatic nitrogens is 3. The Labute approximate surface area is 164 Å². The van der Waals surface area contributed by atoms with Crippen molar-refractivity contribution in [2.75, 3.05) is 6.61 Å². The van der Waals surface area contributed by atoms with Gasteiger partial charge in [0.05, 0.1) is 17.6 Å². The molecule has 1 atom stereocenters. The summed E-state index contributed by atoms with van der Waals surface area (Å²) in [6, 6.07) is 13.7. The summed E-state index contributed by atoms with van der Waals surface area (Å²) in [5, 5.41) is 4.43. The Bertz CT molecular complexity index is 915. The third-order valence-corrected chi connectivity index (χ3v) is 4.81. The molecule has 1 unspecified atom stereocenters. The maximum atomic E-state index is 10.7. The van der Waals surface area contributed by atoms with Gasteiger partial charge in [0.25, 0.3) is 0 Å². The van der Waals surface area contributed by atoms with Crippen LogP contribution in [0.3, 0.4) is 0 Å². The van der Waals surface area contributed by atoms with Crippen molar-refractivity contribution in [1.29, 1.82) is 0 Å². The van der Waals surface area contributed by atoms with E-state index in [0.717, 1.165) is 54.7 Å². The molecule has 1 aliphatic rings. The first kappa shape index (κ1) is 18.4. The Morgan fingerprint density at radius 3 is 2.89 bits per heavy atom. The molecular weight excluding hydrogens is 354 g/mol. The van der Waals surface area contributed by atoms with Gasteiger partial charge >= 0.3 is 0 Å². The number of rotatable bonds is 7. The lowest BCUT2D eigenvalue weighted by molar-refractivity contribution is -0.107. The molecule has 1 saturated heterocycles. The highest BCUT2D eigenvalue weighted by Crippen LogP contribution is 2.28. The summed E-state index contributed by atoms with van der Waals surface area (Å²) in [6.45, 7) is 1.21. The first-order valence-electron chi connectivity index (χ1n) is 9.59. The highest BCUT2D eigenvalue weighted by atomic mass is 16.5. The molecule has 1 aromatic carbocycles. The molecular formula is C22H23N3O3. The van der Waals surface area contributed by atoms with Gasteiger partial charge in [0.15, 0.2) is 6.23 Å². The summed E-state index contributed by atoms with van der Waals surface area (Å²) in [7, 11) is 0. The number of ether oxygens (including phenoxy) is 2. The lowest BCUT2D eigenvalue weighted by atomic mass is 10.1. The van der Waals surface area contributed by atoms with Gasteiger partial charge < -0.3 is 14.3 Å². The first-order valence-corrected chi connectivity index (χ1v) is 9.59. The van der Waals surface area contributed by atoms with Crippen LogP contribution in [0.15, 0.2) is 54.9 Å². The van der Waals surface area contributed by atoms with Crippen LogP contribution in [-0.4, -0.2) is 27.7 Å². The third-order valence-electron chi connectivity index (χ3n) is 4.81. The van der Waals surface area contributed by atoms with Gasteiger partial charge in [0.1, 0.15) is 18.6 Å². The molecule has 6 nitrogen and oxygen atoms in total. The lowest BCUT2D eigenvalue weighted by Crippen LogP contribution is -2.20. The molecule has 0 saturated carbocycles. The summed E-state index contributed by atoms with van der Waals surface area (Å²) in [4.78, 5) is 15.2. The fourth-order valence-electron chi connectivity index (χ4n) is 3.39. The second-order valence-corrected chi connectivity index (χ2v) is 6.84. The van der Waals surface area contributed by atoms with E-state index in [2.05, 4.69) is 10.1 Å². The summed E-state index contributed by atoms with van der Waals surface area (Å²) in [5.41, 5.74) is 3.80. The molecule has 4 rings (SSSR count). The summed E-state index contributed by atoms with van der Waals surface area (Å²) in [6.07, 6.45) is 8.05. The van der Waals surface area contributed by atoms with Crippen LogP contribution < -0.4 is 4.74 Å². The fourth-order valence-corrected chi connectivity index (χ4v) is 3.39. The predicted octanol–water partition coefficient (Wildman–Crippen LogP) is 3.96. The van der Waals surface area contributed by atoms with Crippen LogP contribution >= 0.6 is 0 Å². The average molecular weight is 377 g/mol. The van der Waals surface area contributed by atoms with Gasteiger partial charge in [0, 0.05) is 19.2 Å². The SMILES string of the molecule is O=CCc1cccc(COc2ccc(-c3ccnn3C3CCCCO3)nc2)c1. The van der Waals surface area contributed by atoms with E-state index >= 15 is 0 Å². The van der Waals surface area contributed by atoms with Gasteiger partial charge in [-0.05, 0) is 48.6 Å². The average Bonchev–Trinajstić information content (AvgIpc) is 3.24. The second kappa shape index (κ2) is 8.80. The largest absolute Gasteiger partial charge is 0.487 e. The van der Waals surface area contributed by atoms with Crippen LogP contribution in [0.2, 0.25) is 0 Å². The van der Waals surface area contributed by atoms with E-state index in [9.17, 15) is 4.79 Å². The van der Waals surface area contributed by atoms with Gasteiger partial charge in [-0.2, -0.15) is 5.10 Å². The first-order chi connectivity index (χ1) is 13.8. The minimum Gasteiger partial charge on any atom is -0.487 e. The van der Waals surface area contributed by atoms with Crippen LogP contribution in [0.25, 0.3) is 11.4 Å². The van der Waals surface area contributed by atoms with E-state index in [1.165, 1.54) is 0 Å². The molecule has 144 valence electrons. The van der Waals surface area contributed by atoms with Crippen molar-refractivity contribution in [3.05, 3.63) is 66.0 Å². The zero-order valence-electron chi connectivity index (χ0n) is 15.7. The lowest BCUT2D eigenvalue weighted by Gasteiger charge is -2.24. The summed E-state index contributed by atoms with van der Waals surface area (Å²) in [5.74, 6) is 0.699. The van der Waals surface area contributed by atoms with Crippen molar-refractivity contribution in [3.63, 3.8) is 0 Å². The quantitative estimate of drug-likeness (QED) is 0.583. The molecule has 0 amide bonds. The highest BCUT2D eigenvalue weighted by molar-refractivity contribution is 5.55.